The van der Waals surface area contributed by atoms with Gasteiger partial charge in [0.25, 0.3) is 5.56 Å². The average Bonchev–Trinajstić information content (AvgIpc) is 3.07. The first-order valence-electron chi connectivity index (χ1n) is 10.7. The molecule has 0 amide bonds. The van der Waals surface area contributed by atoms with Crippen LogP contribution in [-0.4, -0.2) is 24.1 Å². The van der Waals surface area contributed by atoms with Crippen LogP contribution in [0.15, 0.2) is 53.6 Å². The maximum Gasteiger partial charge on any atom is 0.265 e. The van der Waals surface area contributed by atoms with Crippen molar-refractivity contribution in [3.63, 3.8) is 0 Å². The van der Waals surface area contributed by atoms with E-state index in [0.717, 1.165) is 23.1 Å². The lowest BCUT2D eigenvalue weighted by atomic mass is 10.1. The minimum absolute atomic E-state index is 0.0668. The Balaban J connectivity index is 1.89. The molecular formula is C25H25N5O. The maximum atomic E-state index is 13.5. The van der Waals surface area contributed by atoms with Gasteiger partial charge in [0, 0.05) is 12.2 Å². The van der Waals surface area contributed by atoms with Crippen molar-refractivity contribution < 1.29 is 0 Å². The summed E-state index contributed by atoms with van der Waals surface area (Å²) in [6.07, 6.45) is 2.57. The summed E-state index contributed by atoms with van der Waals surface area (Å²) in [5, 5.41) is 0.526. The van der Waals surface area contributed by atoms with Gasteiger partial charge >= 0.3 is 0 Å². The molecule has 3 heterocycles. The molecule has 0 aliphatic rings. The van der Waals surface area contributed by atoms with Gasteiger partial charge in [-0.1, -0.05) is 32.0 Å². The molecule has 0 fully saturated rings. The van der Waals surface area contributed by atoms with Crippen LogP contribution in [0.1, 0.15) is 31.4 Å². The van der Waals surface area contributed by atoms with Crippen LogP contribution < -0.4 is 5.56 Å². The Kier molecular flexibility index (Phi) is 4.58. The molecule has 156 valence electrons. The van der Waals surface area contributed by atoms with Gasteiger partial charge in [-0.3, -0.25) is 13.9 Å². The highest BCUT2D eigenvalue weighted by atomic mass is 16.1. The smallest absolute Gasteiger partial charge is 0.265 e. The predicted molar refractivity (Wildman–Crippen MR) is 125 cm³/mol. The normalized spacial score (nSPS) is 11.9. The summed E-state index contributed by atoms with van der Waals surface area (Å²) in [5.41, 5.74) is 6.67. The first-order chi connectivity index (χ1) is 14.9. The molecule has 0 bridgehead atoms. The Morgan fingerprint density at radius 3 is 2.39 bits per heavy atom. The molecule has 31 heavy (non-hydrogen) atoms. The van der Waals surface area contributed by atoms with Gasteiger partial charge in [-0.15, -0.1) is 0 Å². The Morgan fingerprint density at radius 2 is 1.68 bits per heavy atom. The van der Waals surface area contributed by atoms with Crippen LogP contribution in [0.25, 0.3) is 38.9 Å². The van der Waals surface area contributed by atoms with Gasteiger partial charge in [0.15, 0.2) is 11.3 Å². The SMILES string of the molecule is Cc1ccc(-n2c3nc4ccccc4nc3c3c(=O)n(CCC(C)C)cnc32)cc1C. The van der Waals surface area contributed by atoms with Crippen molar-refractivity contribution in [2.24, 2.45) is 5.92 Å². The monoisotopic (exact) mass is 411 g/mol. The number of aromatic nitrogens is 5. The number of aryl methyl sites for hydroxylation is 3. The molecule has 0 unspecified atom stereocenters. The summed E-state index contributed by atoms with van der Waals surface area (Å²) in [5.74, 6) is 0.503. The molecule has 6 nitrogen and oxygen atoms in total. The highest BCUT2D eigenvalue weighted by Gasteiger charge is 2.21. The van der Waals surface area contributed by atoms with Gasteiger partial charge in [-0.2, -0.15) is 0 Å². The second kappa shape index (κ2) is 7.30. The summed E-state index contributed by atoms with van der Waals surface area (Å²) < 4.78 is 3.66. The standard InChI is InChI=1S/C25H25N5O/c1-15(2)11-12-29-14-26-23-21(25(29)31)22-24(28-20-8-6-5-7-19(20)27-22)30(23)18-10-9-16(3)17(4)13-18/h5-10,13-15H,11-12H2,1-4H3. The van der Waals surface area contributed by atoms with Gasteiger partial charge in [-0.05, 0) is 61.6 Å². The fourth-order valence-corrected chi connectivity index (χ4v) is 3.94. The van der Waals surface area contributed by atoms with E-state index in [9.17, 15) is 4.79 Å². The van der Waals surface area contributed by atoms with E-state index in [2.05, 4.69) is 39.8 Å². The Morgan fingerprint density at radius 1 is 0.935 bits per heavy atom. The summed E-state index contributed by atoms with van der Waals surface area (Å²) in [6.45, 7) is 9.11. The lowest BCUT2D eigenvalue weighted by Crippen LogP contribution is -2.21. The third-order valence-corrected chi connectivity index (χ3v) is 5.93. The topological polar surface area (TPSA) is 65.6 Å². The van der Waals surface area contributed by atoms with Crippen molar-refractivity contribution >= 4 is 33.2 Å². The van der Waals surface area contributed by atoms with Crippen LogP contribution in [0.3, 0.4) is 0 Å². The van der Waals surface area contributed by atoms with Crippen molar-refractivity contribution in [1.82, 2.24) is 24.1 Å². The van der Waals surface area contributed by atoms with Gasteiger partial charge in [-0.25, -0.2) is 15.0 Å². The molecule has 3 aromatic heterocycles. The van der Waals surface area contributed by atoms with Crippen molar-refractivity contribution in [3.05, 3.63) is 70.3 Å². The van der Waals surface area contributed by atoms with E-state index in [1.54, 1.807) is 10.9 Å². The predicted octanol–water partition coefficient (Wildman–Crippen LogP) is 4.95. The van der Waals surface area contributed by atoms with E-state index in [-0.39, 0.29) is 5.56 Å². The number of nitrogens with zero attached hydrogens (tertiary/aromatic N) is 5. The van der Waals surface area contributed by atoms with Gasteiger partial charge in [0.2, 0.25) is 0 Å². The second-order valence-electron chi connectivity index (χ2n) is 8.61. The zero-order valence-electron chi connectivity index (χ0n) is 18.3. The first kappa shape index (κ1) is 19.4. The van der Waals surface area contributed by atoms with E-state index < -0.39 is 0 Å². The summed E-state index contributed by atoms with van der Waals surface area (Å²) in [6, 6.07) is 14.0. The molecule has 0 spiro atoms. The molecule has 0 saturated carbocycles. The number of hydrogen-bond acceptors (Lipinski definition) is 4. The molecule has 0 aliphatic carbocycles. The van der Waals surface area contributed by atoms with Crippen LogP contribution in [0.5, 0.6) is 0 Å². The zero-order chi connectivity index (χ0) is 21.7. The molecule has 0 N–H and O–H groups in total. The van der Waals surface area contributed by atoms with E-state index in [4.69, 9.17) is 15.0 Å². The number of hydrogen-bond donors (Lipinski definition) is 0. The number of fused-ring (bicyclic) bond motifs is 4. The van der Waals surface area contributed by atoms with E-state index in [0.29, 0.717) is 34.7 Å². The van der Waals surface area contributed by atoms with Crippen LogP contribution >= 0.6 is 0 Å². The van der Waals surface area contributed by atoms with Gasteiger partial charge < -0.3 is 0 Å². The second-order valence-corrected chi connectivity index (χ2v) is 8.61. The quantitative estimate of drug-likeness (QED) is 0.420. The Hall–Kier alpha value is -3.54. The number of rotatable bonds is 4. The Labute approximate surface area is 180 Å². The Bertz CT molecular complexity index is 1510. The molecular weight excluding hydrogens is 386 g/mol. The van der Waals surface area contributed by atoms with Crippen molar-refractivity contribution in [2.75, 3.05) is 0 Å². The molecule has 0 radical (unpaired) electrons. The van der Waals surface area contributed by atoms with E-state index >= 15 is 0 Å². The minimum Gasteiger partial charge on any atom is -0.299 e. The highest BCUT2D eigenvalue weighted by molar-refractivity contribution is 6.05. The third kappa shape index (κ3) is 3.19. The van der Waals surface area contributed by atoms with Crippen molar-refractivity contribution in [2.45, 2.75) is 40.7 Å². The largest absolute Gasteiger partial charge is 0.299 e. The molecule has 5 aromatic rings. The van der Waals surface area contributed by atoms with E-state index in [1.165, 1.54) is 11.1 Å². The maximum absolute atomic E-state index is 13.5. The minimum atomic E-state index is -0.0668. The lowest BCUT2D eigenvalue weighted by Gasteiger charge is -2.10. The number of benzene rings is 2. The third-order valence-electron chi connectivity index (χ3n) is 5.93. The van der Waals surface area contributed by atoms with Crippen LogP contribution in [0.4, 0.5) is 0 Å². The van der Waals surface area contributed by atoms with Crippen LogP contribution in [0.2, 0.25) is 0 Å². The molecule has 0 atom stereocenters. The fourth-order valence-electron chi connectivity index (χ4n) is 3.94. The summed E-state index contributed by atoms with van der Waals surface area (Å²) in [4.78, 5) is 28.0. The van der Waals surface area contributed by atoms with Gasteiger partial charge in [0.1, 0.15) is 10.9 Å². The molecule has 0 aliphatic heterocycles. The molecule has 6 heteroatoms. The zero-order valence-corrected chi connectivity index (χ0v) is 18.3. The summed E-state index contributed by atoms with van der Waals surface area (Å²) >= 11 is 0. The molecule has 5 rings (SSSR count). The highest BCUT2D eigenvalue weighted by Crippen LogP contribution is 2.29. The fraction of sp³-hybridized carbons (Fsp3) is 0.280. The molecule has 0 saturated heterocycles. The van der Waals surface area contributed by atoms with Crippen LogP contribution in [0, 0.1) is 19.8 Å². The van der Waals surface area contributed by atoms with E-state index in [1.807, 2.05) is 34.9 Å². The number of para-hydroxylation sites is 2. The van der Waals surface area contributed by atoms with Crippen molar-refractivity contribution in [1.29, 1.82) is 0 Å². The summed E-state index contributed by atoms with van der Waals surface area (Å²) in [7, 11) is 0. The van der Waals surface area contributed by atoms with Crippen LogP contribution in [-0.2, 0) is 6.54 Å². The van der Waals surface area contributed by atoms with Crippen molar-refractivity contribution in [3.8, 4) is 5.69 Å². The first-order valence-corrected chi connectivity index (χ1v) is 10.7. The lowest BCUT2D eigenvalue weighted by molar-refractivity contribution is 0.506. The molecule has 2 aromatic carbocycles. The average molecular weight is 412 g/mol. The van der Waals surface area contributed by atoms with Gasteiger partial charge in [0.05, 0.1) is 17.4 Å².